The fraction of sp³-hybridized carbons (Fsp3) is 0.520. The Morgan fingerprint density at radius 2 is 1.96 bits per heavy atom. The Hall–Kier alpha value is -1.96. The molecule has 0 unspecified atom stereocenters. The summed E-state index contributed by atoms with van der Waals surface area (Å²) < 4.78 is 6.25. The van der Waals surface area contributed by atoms with E-state index in [0.29, 0.717) is 0 Å². The van der Waals surface area contributed by atoms with Crippen molar-refractivity contribution in [3.63, 3.8) is 0 Å². The van der Waals surface area contributed by atoms with E-state index in [0.717, 1.165) is 31.6 Å². The summed E-state index contributed by atoms with van der Waals surface area (Å²) in [6, 6.07) is 6.66. The molecule has 1 saturated carbocycles. The lowest BCUT2D eigenvalue weighted by molar-refractivity contribution is 0.0583. The van der Waals surface area contributed by atoms with Gasteiger partial charge in [-0.1, -0.05) is 39.0 Å². The Kier molecular flexibility index (Phi) is 6.14. The molecule has 1 fully saturated rings. The predicted octanol–water partition coefficient (Wildman–Crippen LogP) is 7.01. The van der Waals surface area contributed by atoms with E-state index in [-0.39, 0.29) is 5.54 Å². The van der Waals surface area contributed by atoms with Gasteiger partial charge in [0.2, 0.25) is 0 Å². The zero-order valence-corrected chi connectivity index (χ0v) is 17.8. The number of benzene rings is 1. The van der Waals surface area contributed by atoms with Gasteiger partial charge >= 0.3 is 0 Å². The van der Waals surface area contributed by atoms with Gasteiger partial charge < -0.3 is 9.64 Å². The molecule has 0 bridgehead atoms. The molecule has 0 amide bonds. The molecule has 2 heteroatoms. The lowest BCUT2D eigenvalue weighted by Gasteiger charge is -2.55. The maximum atomic E-state index is 6.25. The molecule has 2 heterocycles. The Balaban J connectivity index is 0.00000102. The summed E-state index contributed by atoms with van der Waals surface area (Å²) in [4.78, 5) is 2.68. The first kappa shape index (κ1) is 19.8. The van der Waals surface area contributed by atoms with Crippen molar-refractivity contribution >= 4 is 5.70 Å². The second kappa shape index (κ2) is 8.37. The van der Waals surface area contributed by atoms with Crippen molar-refractivity contribution in [2.45, 2.75) is 78.7 Å². The third-order valence-corrected chi connectivity index (χ3v) is 6.03. The summed E-state index contributed by atoms with van der Waals surface area (Å²) >= 11 is 0. The summed E-state index contributed by atoms with van der Waals surface area (Å²) in [6.07, 6.45) is 14.2. The van der Waals surface area contributed by atoms with Crippen molar-refractivity contribution in [2.24, 2.45) is 0 Å². The van der Waals surface area contributed by atoms with Crippen LogP contribution in [0.4, 0.5) is 0 Å². The SMILES string of the molecule is C/C=C1\C/C(=C\CC)C=C2c3ccc(C)cc3OCCC3(CCC3)N21.CC. The van der Waals surface area contributed by atoms with E-state index in [1.165, 1.54) is 47.4 Å². The molecule has 0 aromatic heterocycles. The molecule has 1 aromatic carbocycles. The average Bonchev–Trinajstić information content (AvgIpc) is 2.64. The first-order chi connectivity index (χ1) is 13.2. The molecule has 146 valence electrons. The molecule has 4 rings (SSSR count). The molecule has 0 saturated heterocycles. The van der Waals surface area contributed by atoms with Crippen LogP contribution in [0.25, 0.3) is 5.70 Å². The molecule has 2 aliphatic heterocycles. The summed E-state index contributed by atoms with van der Waals surface area (Å²) in [5.41, 5.74) is 7.00. The standard InChI is InChI=1S/C23H29NO.C2H6/c1-4-7-18-15-19(5-2)24-21(16-18)20-9-8-17(3)14-22(20)25-13-12-23(24)10-6-11-23;1-2/h5,7-9,14,16H,4,6,10-13,15H2,1-3H3;1-2H3/b18-7+,19-5+;. The van der Waals surface area contributed by atoms with Crippen molar-refractivity contribution in [3.05, 3.63) is 58.8 Å². The van der Waals surface area contributed by atoms with Gasteiger partial charge in [0.25, 0.3) is 0 Å². The summed E-state index contributed by atoms with van der Waals surface area (Å²) in [5, 5.41) is 0. The van der Waals surface area contributed by atoms with Gasteiger partial charge in [0.15, 0.2) is 0 Å². The minimum absolute atomic E-state index is 0.258. The molecular formula is C25H35NO. The van der Waals surface area contributed by atoms with Crippen LogP contribution in [0.5, 0.6) is 5.75 Å². The van der Waals surface area contributed by atoms with Crippen molar-refractivity contribution in [2.75, 3.05) is 6.61 Å². The Labute approximate surface area is 165 Å². The molecule has 2 nitrogen and oxygen atoms in total. The minimum atomic E-state index is 0.258. The van der Waals surface area contributed by atoms with Gasteiger partial charge in [-0.3, -0.25) is 0 Å². The average molecular weight is 366 g/mol. The van der Waals surface area contributed by atoms with E-state index in [9.17, 15) is 0 Å². The van der Waals surface area contributed by atoms with Gasteiger partial charge in [-0.25, -0.2) is 0 Å². The van der Waals surface area contributed by atoms with E-state index in [1.54, 1.807) is 0 Å². The molecule has 0 N–H and O–H groups in total. The number of hydrogen-bond donors (Lipinski definition) is 0. The third-order valence-electron chi connectivity index (χ3n) is 6.03. The highest BCUT2D eigenvalue weighted by Gasteiger charge is 2.46. The normalized spacial score (nSPS) is 23.1. The first-order valence-electron chi connectivity index (χ1n) is 10.8. The van der Waals surface area contributed by atoms with E-state index in [4.69, 9.17) is 4.74 Å². The van der Waals surface area contributed by atoms with Crippen LogP contribution in [-0.4, -0.2) is 17.0 Å². The summed E-state index contributed by atoms with van der Waals surface area (Å²) in [5.74, 6) is 1.04. The molecule has 0 atom stereocenters. The number of allylic oxidation sites excluding steroid dienone is 4. The van der Waals surface area contributed by atoms with Crippen molar-refractivity contribution in [1.29, 1.82) is 0 Å². The molecule has 0 radical (unpaired) electrons. The van der Waals surface area contributed by atoms with Gasteiger partial charge in [-0.15, -0.1) is 0 Å². The molecule has 1 aromatic rings. The summed E-state index contributed by atoms with van der Waals surface area (Å²) in [6.45, 7) is 11.4. The van der Waals surface area contributed by atoms with Crippen LogP contribution in [-0.2, 0) is 0 Å². The van der Waals surface area contributed by atoms with Crippen LogP contribution in [0.3, 0.4) is 0 Å². The number of ether oxygens (including phenoxy) is 1. The second-order valence-electron chi connectivity index (χ2n) is 7.69. The van der Waals surface area contributed by atoms with Crippen LogP contribution in [0.2, 0.25) is 0 Å². The molecule has 1 spiro atoms. The highest BCUT2D eigenvalue weighted by atomic mass is 16.5. The lowest BCUT2D eigenvalue weighted by atomic mass is 9.71. The number of hydrogen-bond acceptors (Lipinski definition) is 2. The van der Waals surface area contributed by atoms with Crippen molar-refractivity contribution in [1.82, 2.24) is 4.90 Å². The first-order valence-corrected chi connectivity index (χ1v) is 10.8. The Morgan fingerprint density at radius 1 is 1.19 bits per heavy atom. The maximum Gasteiger partial charge on any atom is 0.128 e. The predicted molar refractivity (Wildman–Crippen MR) is 116 cm³/mol. The monoisotopic (exact) mass is 365 g/mol. The second-order valence-corrected chi connectivity index (χ2v) is 7.69. The van der Waals surface area contributed by atoms with Crippen LogP contribution < -0.4 is 4.74 Å². The van der Waals surface area contributed by atoms with Crippen LogP contribution >= 0.6 is 0 Å². The highest BCUT2D eigenvalue weighted by Crippen LogP contribution is 2.51. The number of fused-ring (bicyclic) bond motifs is 4. The van der Waals surface area contributed by atoms with Gasteiger partial charge in [-0.05, 0) is 68.9 Å². The fourth-order valence-corrected chi connectivity index (χ4v) is 4.60. The number of rotatable bonds is 1. The zero-order chi connectivity index (χ0) is 19.4. The quantitative estimate of drug-likeness (QED) is 0.530. The smallest absolute Gasteiger partial charge is 0.128 e. The van der Waals surface area contributed by atoms with Gasteiger partial charge in [0.05, 0.1) is 12.3 Å². The van der Waals surface area contributed by atoms with Gasteiger partial charge in [-0.2, -0.15) is 0 Å². The lowest BCUT2D eigenvalue weighted by Crippen LogP contribution is -2.54. The largest absolute Gasteiger partial charge is 0.493 e. The van der Waals surface area contributed by atoms with E-state index >= 15 is 0 Å². The third kappa shape index (κ3) is 3.59. The molecule has 1 aliphatic carbocycles. The van der Waals surface area contributed by atoms with Crippen LogP contribution in [0.1, 0.15) is 77.3 Å². The Bertz CT molecular complexity index is 765. The van der Waals surface area contributed by atoms with E-state index < -0.39 is 0 Å². The summed E-state index contributed by atoms with van der Waals surface area (Å²) in [7, 11) is 0. The van der Waals surface area contributed by atoms with Crippen molar-refractivity contribution < 1.29 is 4.74 Å². The Morgan fingerprint density at radius 3 is 2.59 bits per heavy atom. The highest BCUT2D eigenvalue weighted by molar-refractivity contribution is 5.76. The maximum absolute atomic E-state index is 6.25. The minimum Gasteiger partial charge on any atom is -0.493 e. The zero-order valence-electron chi connectivity index (χ0n) is 17.8. The number of aryl methyl sites for hydroxylation is 1. The van der Waals surface area contributed by atoms with Crippen LogP contribution in [0.15, 0.2) is 47.7 Å². The van der Waals surface area contributed by atoms with Crippen LogP contribution in [0, 0.1) is 6.92 Å². The molecule has 3 aliphatic rings. The topological polar surface area (TPSA) is 12.5 Å². The van der Waals surface area contributed by atoms with E-state index in [1.807, 2.05) is 13.8 Å². The number of nitrogens with zero attached hydrogens (tertiary/aromatic N) is 1. The van der Waals surface area contributed by atoms with E-state index in [2.05, 4.69) is 62.1 Å². The molecular weight excluding hydrogens is 330 g/mol. The van der Waals surface area contributed by atoms with Gasteiger partial charge in [0.1, 0.15) is 5.75 Å². The van der Waals surface area contributed by atoms with Gasteiger partial charge in [0, 0.05) is 29.6 Å². The molecule has 27 heavy (non-hydrogen) atoms. The van der Waals surface area contributed by atoms with Crippen molar-refractivity contribution in [3.8, 4) is 5.75 Å². The fourth-order valence-electron chi connectivity index (χ4n) is 4.60.